The molecule has 3 atom stereocenters. The third-order valence-corrected chi connectivity index (χ3v) is 9.78. The third-order valence-electron chi connectivity index (χ3n) is 9.78. The van der Waals surface area contributed by atoms with Gasteiger partial charge in [-0.2, -0.15) is 0 Å². The number of benzene rings is 3. The van der Waals surface area contributed by atoms with Crippen LogP contribution < -0.4 is 75.2 Å². The number of hydrogen-bond donors (Lipinski definition) is 11. The molecule has 0 fully saturated rings. The maximum Gasteiger partial charge on any atom is 0.255 e. The number of aliphatic imine (C=N–C) groups is 3. The number of methoxy groups -OCH3 is 3. The predicted molar refractivity (Wildman–Crippen MR) is 257 cm³/mol. The fourth-order valence-electron chi connectivity index (χ4n) is 6.40. The molecule has 0 aromatic heterocycles. The summed E-state index contributed by atoms with van der Waals surface area (Å²) in [4.78, 5) is 92.8. The Kier molecular flexibility index (Phi) is 21.3. The molecule has 0 aliphatic heterocycles. The standard InChI is InChI=1S/C44H62N14O9/c1-24(59)29-21-26(12-15-35(29)65-3)55-41(63)33(10-7-19-52-43(47)48)57-39(61)31-23-28(14-17-37(31)67-5)56-42(64)34(11-8-20-53-44(49)50)58-38(60)30-22-27(13-16-36(30)66-4)54-40(62)32(46)9-6-18-51-25(2)45/h12-17,21-23,32-34H,6-11,18-20,46H2,1-5H3,(H2,45,51)(H,54,62)(H,55,63)(H,56,64)(H,57,61)(H,58,60)(H4,47,48,52)(H4,49,50,53)/t32?,33?,34-/m0/s1. The van der Waals surface area contributed by atoms with E-state index in [0.29, 0.717) is 31.0 Å². The van der Waals surface area contributed by atoms with E-state index in [1.807, 2.05) is 0 Å². The molecular weight excluding hydrogens is 869 g/mol. The molecule has 0 aliphatic rings. The smallest absolute Gasteiger partial charge is 0.255 e. The molecule has 0 aliphatic carbocycles. The summed E-state index contributed by atoms with van der Waals surface area (Å²) in [6.45, 7) is 3.72. The molecule has 0 spiro atoms. The molecule has 23 nitrogen and oxygen atoms in total. The SMILES string of the molecule is COc1ccc(NC(=O)C(CCCN=C(N)N)NC(=O)c2cc(NC(=O)[C@H](CCCN=C(N)N)NC(=O)c3cc(NC(=O)C(N)CCCN=C(C)N)ccc3OC)ccc2OC)cc1C(C)=O. The zero-order chi connectivity index (χ0) is 49.6. The highest BCUT2D eigenvalue weighted by atomic mass is 16.5. The van der Waals surface area contributed by atoms with Crippen molar-refractivity contribution in [3.63, 3.8) is 0 Å². The summed E-state index contributed by atoms with van der Waals surface area (Å²) in [5.41, 5.74) is 34.4. The maximum atomic E-state index is 14.0. The van der Waals surface area contributed by atoms with Gasteiger partial charge in [-0.15, -0.1) is 0 Å². The Morgan fingerprint density at radius 3 is 1.25 bits per heavy atom. The number of rotatable bonds is 26. The topological polar surface area (TPSA) is 383 Å². The van der Waals surface area contributed by atoms with Crippen LogP contribution in [0.25, 0.3) is 0 Å². The number of ketones is 1. The minimum atomic E-state index is -1.20. The number of anilines is 3. The first-order chi connectivity index (χ1) is 31.9. The van der Waals surface area contributed by atoms with Crippen molar-refractivity contribution in [3.8, 4) is 17.2 Å². The highest BCUT2D eigenvalue weighted by Gasteiger charge is 2.27. The van der Waals surface area contributed by atoms with Gasteiger partial charge in [0, 0.05) is 36.7 Å². The number of nitrogens with zero attached hydrogens (tertiary/aromatic N) is 3. The van der Waals surface area contributed by atoms with E-state index in [-0.39, 0.29) is 102 Å². The van der Waals surface area contributed by atoms with Crippen molar-refractivity contribution in [2.75, 3.05) is 56.9 Å². The normalized spacial score (nSPS) is 12.2. The van der Waals surface area contributed by atoms with E-state index in [1.54, 1.807) is 13.0 Å². The largest absolute Gasteiger partial charge is 0.496 e. The number of ether oxygens (including phenoxy) is 3. The van der Waals surface area contributed by atoms with Gasteiger partial charge in [-0.1, -0.05) is 0 Å². The van der Waals surface area contributed by atoms with Crippen LogP contribution >= 0.6 is 0 Å². The van der Waals surface area contributed by atoms with Crippen LogP contribution in [0, 0.1) is 0 Å². The van der Waals surface area contributed by atoms with E-state index in [9.17, 15) is 28.8 Å². The first-order valence-corrected chi connectivity index (χ1v) is 21.1. The van der Waals surface area contributed by atoms with Gasteiger partial charge in [0.25, 0.3) is 11.8 Å². The monoisotopic (exact) mass is 930 g/mol. The Balaban J connectivity index is 1.88. The summed E-state index contributed by atoms with van der Waals surface area (Å²) in [5, 5.41) is 13.6. The van der Waals surface area contributed by atoms with Crippen molar-refractivity contribution in [2.45, 2.75) is 70.5 Å². The van der Waals surface area contributed by atoms with E-state index in [2.05, 4.69) is 41.6 Å². The second-order valence-electron chi connectivity index (χ2n) is 15.0. The molecule has 0 heterocycles. The quantitative estimate of drug-likeness (QED) is 0.0231. The van der Waals surface area contributed by atoms with E-state index in [1.165, 1.54) is 76.8 Å². The molecule has 0 saturated carbocycles. The molecule has 2 unspecified atom stereocenters. The molecule has 17 N–H and O–H groups in total. The fraction of sp³-hybridized carbons (Fsp3) is 0.386. The maximum absolute atomic E-state index is 14.0. The van der Waals surface area contributed by atoms with Gasteiger partial charge in [0.1, 0.15) is 29.3 Å². The van der Waals surface area contributed by atoms with Crippen LogP contribution in [-0.2, 0) is 14.4 Å². The molecule has 23 heteroatoms. The van der Waals surface area contributed by atoms with Gasteiger partial charge >= 0.3 is 0 Å². The highest BCUT2D eigenvalue weighted by molar-refractivity contribution is 6.06. The van der Waals surface area contributed by atoms with E-state index >= 15 is 0 Å². The molecule has 5 amide bonds. The number of Topliss-reactive ketones (excluding diaryl/α,β-unsaturated/α-hetero) is 1. The van der Waals surface area contributed by atoms with Crippen molar-refractivity contribution in [1.82, 2.24) is 10.6 Å². The van der Waals surface area contributed by atoms with Gasteiger partial charge in [0.2, 0.25) is 17.7 Å². The van der Waals surface area contributed by atoms with Crippen LogP contribution in [0.5, 0.6) is 17.2 Å². The lowest BCUT2D eigenvalue weighted by Crippen LogP contribution is -2.44. The lowest BCUT2D eigenvalue weighted by atomic mass is 10.1. The number of guanidine groups is 2. The number of carbonyl (C=O) groups is 6. The zero-order valence-corrected chi connectivity index (χ0v) is 38.3. The summed E-state index contributed by atoms with van der Waals surface area (Å²) < 4.78 is 16.2. The van der Waals surface area contributed by atoms with Crippen LogP contribution in [0.4, 0.5) is 17.1 Å². The lowest BCUT2D eigenvalue weighted by Gasteiger charge is -2.21. The second-order valence-corrected chi connectivity index (χ2v) is 15.0. The molecule has 0 bridgehead atoms. The summed E-state index contributed by atoms with van der Waals surface area (Å²) in [6.07, 6.45) is 1.54. The van der Waals surface area contributed by atoms with Crippen LogP contribution in [0.15, 0.2) is 69.6 Å². The summed E-state index contributed by atoms with van der Waals surface area (Å²) >= 11 is 0. The van der Waals surface area contributed by atoms with Gasteiger partial charge in [-0.05, 0) is 107 Å². The van der Waals surface area contributed by atoms with Crippen LogP contribution in [0.2, 0.25) is 0 Å². The van der Waals surface area contributed by atoms with Crippen LogP contribution in [0.1, 0.15) is 83.4 Å². The minimum Gasteiger partial charge on any atom is -0.496 e. The minimum absolute atomic E-state index is 0.00442. The molecule has 0 saturated heterocycles. The molecule has 67 heavy (non-hydrogen) atoms. The second kappa shape index (κ2) is 26.7. The van der Waals surface area contributed by atoms with Crippen molar-refractivity contribution in [1.29, 1.82) is 0 Å². The molecule has 362 valence electrons. The van der Waals surface area contributed by atoms with E-state index < -0.39 is 47.7 Å². The van der Waals surface area contributed by atoms with Crippen molar-refractivity contribution in [3.05, 3.63) is 71.3 Å². The number of amidine groups is 1. The Morgan fingerprint density at radius 2 is 0.881 bits per heavy atom. The Labute approximate surface area is 388 Å². The first kappa shape index (κ1) is 53.4. The average molecular weight is 931 g/mol. The first-order valence-electron chi connectivity index (χ1n) is 21.1. The molecule has 3 aromatic rings. The van der Waals surface area contributed by atoms with Crippen molar-refractivity contribution >= 4 is 70.1 Å². The highest BCUT2D eigenvalue weighted by Crippen LogP contribution is 2.27. The van der Waals surface area contributed by atoms with Crippen LogP contribution in [0.3, 0.4) is 0 Å². The summed E-state index contributed by atoms with van der Waals surface area (Å²) in [6, 6.07) is 9.98. The lowest BCUT2D eigenvalue weighted by molar-refractivity contribution is -0.118. The van der Waals surface area contributed by atoms with Crippen molar-refractivity contribution in [2.24, 2.45) is 49.4 Å². The molecule has 3 rings (SSSR count). The zero-order valence-electron chi connectivity index (χ0n) is 38.3. The summed E-state index contributed by atoms with van der Waals surface area (Å²) in [5.74, 6) is -2.86. The van der Waals surface area contributed by atoms with Gasteiger partial charge in [-0.3, -0.25) is 43.7 Å². The number of carbonyl (C=O) groups excluding carboxylic acids is 6. The number of amides is 5. The van der Waals surface area contributed by atoms with Gasteiger partial charge in [-0.25, -0.2) is 0 Å². The Hall–Kier alpha value is -7.95. The third kappa shape index (κ3) is 17.5. The average Bonchev–Trinajstić information content (AvgIpc) is 3.29. The molecule has 3 aromatic carbocycles. The molecular formula is C44H62N14O9. The molecule has 0 radical (unpaired) electrons. The van der Waals surface area contributed by atoms with Crippen LogP contribution in [-0.4, -0.2) is 112 Å². The van der Waals surface area contributed by atoms with Gasteiger partial charge in [0.05, 0.1) is 49.9 Å². The Morgan fingerprint density at radius 1 is 0.522 bits per heavy atom. The van der Waals surface area contributed by atoms with E-state index in [0.717, 1.165) is 0 Å². The predicted octanol–water partition coefficient (Wildman–Crippen LogP) is 0.919. The Bertz CT molecular complexity index is 2320. The fourth-order valence-corrected chi connectivity index (χ4v) is 6.40. The van der Waals surface area contributed by atoms with E-state index in [4.69, 9.17) is 48.6 Å². The number of nitrogens with two attached hydrogens (primary N) is 6. The van der Waals surface area contributed by atoms with Crippen molar-refractivity contribution < 1.29 is 43.0 Å². The van der Waals surface area contributed by atoms with Gasteiger partial charge in [0.15, 0.2) is 17.7 Å². The number of hydrogen-bond acceptors (Lipinski definition) is 13. The summed E-state index contributed by atoms with van der Waals surface area (Å²) in [7, 11) is 4.11. The van der Waals surface area contributed by atoms with Gasteiger partial charge < -0.3 is 75.2 Å². The number of nitrogens with one attached hydrogen (secondary N) is 5.